The quantitative estimate of drug-likeness (QED) is 0.873. The van der Waals surface area contributed by atoms with Crippen LogP contribution in [0, 0.1) is 6.92 Å². The molecule has 0 bridgehead atoms. The number of rotatable bonds is 4. The molecule has 1 heterocycles. The number of amides is 1. The highest BCUT2D eigenvalue weighted by molar-refractivity contribution is 5.92. The number of hydrogen-bond acceptors (Lipinski definition) is 3. The van der Waals surface area contributed by atoms with Crippen molar-refractivity contribution >= 4 is 11.6 Å². The summed E-state index contributed by atoms with van der Waals surface area (Å²) < 4.78 is 5.45. The second kappa shape index (κ2) is 6.17. The molecule has 2 rings (SSSR count). The lowest BCUT2D eigenvalue weighted by atomic mass is 9.95. The second-order valence-electron chi connectivity index (χ2n) is 5.48. The van der Waals surface area contributed by atoms with Crippen molar-refractivity contribution in [3.05, 3.63) is 29.8 Å². The number of nitrogens with one attached hydrogen (secondary N) is 2. The van der Waals surface area contributed by atoms with Gasteiger partial charge in [0.25, 0.3) is 0 Å². The number of anilines is 1. The number of carbonyl (C=O) groups excluding carboxylic acids is 1. The summed E-state index contributed by atoms with van der Waals surface area (Å²) in [5.41, 5.74) is 1.94. The third-order valence-electron chi connectivity index (χ3n) is 3.45. The van der Waals surface area contributed by atoms with E-state index >= 15 is 0 Å². The molecule has 1 fully saturated rings. The Balaban J connectivity index is 1.79. The van der Waals surface area contributed by atoms with Crippen LogP contribution < -0.4 is 10.6 Å². The molecule has 1 amide bonds. The van der Waals surface area contributed by atoms with E-state index in [9.17, 15) is 4.79 Å². The van der Waals surface area contributed by atoms with Crippen molar-refractivity contribution in [3.63, 3.8) is 0 Å². The van der Waals surface area contributed by atoms with Gasteiger partial charge in [-0.3, -0.25) is 4.79 Å². The first-order chi connectivity index (χ1) is 9.07. The van der Waals surface area contributed by atoms with Gasteiger partial charge in [0.2, 0.25) is 5.91 Å². The first kappa shape index (κ1) is 14.0. The number of ether oxygens (including phenoxy) is 1. The van der Waals surface area contributed by atoms with Crippen molar-refractivity contribution in [1.29, 1.82) is 0 Å². The highest BCUT2D eigenvalue weighted by atomic mass is 16.5. The van der Waals surface area contributed by atoms with Crippen molar-refractivity contribution in [3.8, 4) is 0 Å². The summed E-state index contributed by atoms with van der Waals surface area (Å²) in [6, 6.07) is 7.80. The topological polar surface area (TPSA) is 50.4 Å². The normalized spacial score (nSPS) is 23.1. The molecule has 1 aromatic carbocycles. The molecule has 1 aromatic rings. The van der Waals surface area contributed by atoms with Crippen LogP contribution in [-0.2, 0) is 9.53 Å². The third-order valence-corrected chi connectivity index (χ3v) is 3.45. The number of hydrogen-bond donors (Lipinski definition) is 2. The van der Waals surface area contributed by atoms with Crippen LogP contribution in [0.1, 0.15) is 25.3 Å². The second-order valence-corrected chi connectivity index (χ2v) is 5.48. The van der Waals surface area contributed by atoms with Crippen molar-refractivity contribution in [2.45, 2.75) is 32.2 Å². The molecule has 0 spiro atoms. The van der Waals surface area contributed by atoms with Gasteiger partial charge < -0.3 is 15.4 Å². The minimum Gasteiger partial charge on any atom is -0.380 e. The van der Waals surface area contributed by atoms with Crippen molar-refractivity contribution < 1.29 is 9.53 Å². The maximum absolute atomic E-state index is 11.9. The van der Waals surface area contributed by atoms with Gasteiger partial charge in [0.15, 0.2) is 0 Å². The summed E-state index contributed by atoms with van der Waals surface area (Å²) in [6.07, 6.45) is 2.09. The van der Waals surface area contributed by atoms with Gasteiger partial charge in [-0.15, -0.1) is 0 Å². The molecule has 104 valence electrons. The predicted octanol–water partition coefficient (Wildman–Crippen LogP) is 2.09. The fourth-order valence-corrected chi connectivity index (χ4v) is 2.21. The van der Waals surface area contributed by atoms with Gasteiger partial charge in [0.1, 0.15) is 0 Å². The van der Waals surface area contributed by atoms with E-state index in [1.54, 1.807) is 0 Å². The van der Waals surface area contributed by atoms with E-state index in [2.05, 4.69) is 17.6 Å². The molecule has 0 radical (unpaired) electrons. The van der Waals surface area contributed by atoms with Crippen LogP contribution in [-0.4, -0.2) is 31.2 Å². The van der Waals surface area contributed by atoms with Crippen LogP contribution in [0.5, 0.6) is 0 Å². The van der Waals surface area contributed by atoms with Gasteiger partial charge in [-0.25, -0.2) is 0 Å². The summed E-state index contributed by atoms with van der Waals surface area (Å²) in [5, 5.41) is 6.18. The van der Waals surface area contributed by atoms with Crippen LogP contribution in [0.4, 0.5) is 5.69 Å². The zero-order valence-electron chi connectivity index (χ0n) is 11.7. The van der Waals surface area contributed by atoms with Crippen molar-refractivity contribution in [2.75, 3.05) is 25.1 Å². The SMILES string of the molecule is Cc1ccc(NC(=O)CNC2(C)CCCOC2)cc1. The maximum Gasteiger partial charge on any atom is 0.238 e. The summed E-state index contributed by atoms with van der Waals surface area (Å²) in [7, 11) is 0. The average molecular weight is 262 g/mol. The first-order valence-electron chi connectivity index (χ1n) is 6.77. The molecule has 1 aliphatic rings. The van der Waals surface area contributed by atoms with E-state index in [-0.39, 0.29) is 11.4 Å². The molecule has 4 heteroatoms. The first-order valence-corrected chi connectivity index (χ1v) is 6.77. The van der Waals surface area contributed by atoms with E-state index in [1.807, 2.05) is 31.2 Å². The Bertz CT molecular complexity index is 422. The van der Waals surface area contributed by atoms with E-state index < -0.39 is 0 Å². The van der Waals surface area contributed by atoms with E-state index in [1.165, 1.54) is 5.56 Å². The summed E-state index contributed by atoms with van der Waals surface area (Å²) in [4.78, 5) is 11.9. The number of carbonyl (C=O) groups is 1. The molecule has 19 heavy (non-hydrogen) atoms. The molecular formula is C15H22N2O2. The van der Waals surface area contributed by atoms with Crippen LogP contribution in [0.25, 0.3) is 0 Å². The fraction of sp³-hybridized carbons (Fsp3) is 0.533. The van der Waals surface area contributed by atoms with E-state index in [0.29, 0.717) is 13.2 Å². The Morgan fingerprint density at radius 2 is 2.11 bits per heavy atom. The minimum atomic E-state index is -0.0805. The zero-order valence-corrected chi connectivity index (χ0v) is 11.7. The maximum atomic E-state index is 11.9. The standard InChI is InChI=1S/C15H22N2O2/c1-12-4-6-13(7-5-12)17-14(18)10-16-15(2)8-3-9-19-11-15/h4-7,16H,3,8-11H2,1-2H3,(H,17,18). The van der Waals surface area contributed by atoms with Crippen molar-refractivity contribution in [1.82, 2.24) is 5.32 Å². The number of benzene rings is 1. The van der Waals surface area contributed by atoms with E-state index in [0.717, 1.165) is 25.1 Å². The van der Waals surface area contributed by atoms with Crippen LogP contribution in [0.3, 0.4) is 0 Å². The van der Waals surface area contributed by atoms with Crippen molar-refractivity contribution in [2.24, 2.45) is 0 Å². The monoisotopic (exact) mass is 262 g/mol. The summed E-state index contributed by atoms with van der Waals surface area (Å²) in [6.45, 7) is 5.94. The molecule has 0 saturated carbocycles. The van der Waals surface area contributed by atoms with Gasteiger partial charge in [0.05, 0.1) is 13.2 Å². The molecule has 1 aliphatic heterocycles. The lowest BCUT2D eigenvalue weighted by molar-refractivity contribution is -0.116. The van der Waals surface area contributed by atoms with Crippen LogP contribution >= 0.6 is 0 Å². The molecule has 4 nitrogen and oxygen atoms in total. The molecular weight excluding hydrogens is 240 g/mol. The highest BCUT2D eigenvalue weighted by Gasteiger charge is 2.27. The Labute approximate surface area is 114 Å². The molecule has 0 aromatic heterocycles. The summed E-state index contributed by atoms with van der Waals surface area (Å²) >= 11 is 0. The Kier molecular flexibility index (Phi) is 4.56. The Morgan fingerprint density at radius 3 is 2.74 bits per heavy atom. The largest absolute Gasteiger partial charge is 0.380 e. The van der Waals surface area contributed by atoms with E-state index in [4.69, 9.17) is 4.74 Å². The average Bonchev–Trinajstić information content (AvgIpc) is 2.40. The van der Waals surface area contributed by atoms with Gasteiger partial charge >= 0.3 is 0 Å². The van der Waals surface area contributed by atoms with Crippen LogP contribution in [0.15, 0.2) is 24.3 Å². The Hall–Kier alpha value is -1.39. The molecule has 2 N–H and O–H groups in total. The third kappa shape index (κ3) is 4.33. The van der Waals surface area contributed by atoms with Gasteiger partial charge in [-0.2, -0.15) is 0 Å². The summed E-state index contributed by atoms with van der Waals surface area (Å²) in [5.74, 6) is -0.0179. The van der Waals surface area contributed by atoms with Crippen LogP contribution in [0.2, 0.25) is 0 Å². The predicted molar refractivity (Wildman–Crippen MR) is 76.3 cm³/mol. The van der Waals surface area contributed by atoms with Gasteiger partial charge in [0, 0.05) is 17.8 Å². The fourth-order valence-electron chi connectivity index (χ4n) is 2.21. The minimum absolute atomic E-state index is 0.0179. The molecule has 1 unspecified atom stereocenters. The molecule has 0 aliphatic carbocycles. The number of aryl methyl sites for hydroxylation is 1. The zero-order chi connectivity index (χ0) is 13.7. The lowest BCUT2D eigenvalue weighted by Crippen LogP contribution is -2.51. The van der Waals surface area contributed by atoms with Gasteiger partial charge in [-0.05, 0) is 38.8 Å². The Morgan fingerprint density at radius 1 is 1.37 bits per heavy atom. The van der Waals surface area contributed by atoms with Gasteiger partial charge in [-0.1, -0.05) is 17.7 Å². The lowest BCUT2D eigenvalue weighted by Gasteiger charge is -2.34. The smallest absolute Gasteiger partial charge is 0.238 e. The molecule has 1 saturated heterocycles. The highest BCUT2D eigenvalue weighted by Crippen LogP contribution is 2.17. The molecule has 1 atom stereocenters.